The predicted octanol–water partition coefficient (Wildman–Crippen LogP) is 4.67. The standard InChI is InChI=1S/C21H17ClF2N2O4S/c22-18-6-1-2-7-19(18)26-31(28,29)17-5-3-4-15(12-17)20(27)25-13-14-8-10-16(11-9-14)30-21(23)24/h1-12,21,26H,13H2,(H,25,27). The SMILES string of the molecule is O=C(NCc1ccc(OC(F)F)cc1)c1cccc(S(=O)(=O)Nc2ccccc2Cl)c1. The van der Waals surface area contributed by atoms with E-state index in [4.69, 9.17) is 11.6 Å². The van der Waals surface area contributed by atoms with Gasteiger partial charge in [0.05, 0.1) is 15.6 Å². The van der Waals surface area contributed by atoms with Gasteiger partial charge in [-0.3, -0.25) is 9.52 Å². The van der Waals surface area contributed by atoms with Crippen molar-refractivity contribution in [1.29, 1.82) is 0 Å². The first-order valence-electron chi connectivity index (χ1n) is 8.94. The van der Waals surface area contributed by atoms with Crippen LogP contribution in [-0.4, -0.2) is 20.9 Å². The number of para-hydroxylation sites is 1. The molecule has 0 saturated carbocycles. The van der Waals surface area contributed by atoms with Crippen LogP contribution >= 0.6 is 11.6 Å². The second-order valence-corrected chi connectivity index (χ2v) is 8.41. The number of rotatable bonds is 8. The largest absolute Gasteiger partial charge is 0.435 e. The van der Waals surface area contributed by atoms with Gasteiger partial charge in [-0.25, -0.2) is 8.42 Å². The van der Waals surface area contributed by atoms with E-state index in [1.54, 1.807) is 18.2 Å². The number of alkyl halides is 2. The van der Waals surface area contributed by atoms with Crippen molar-refractivity contribution < 1.29 is 26.7 Å². The summed E-state index contributed by atoms with van der Waals surface area (Å²) in [7, 11) is -3.96. The van der Waals surface area contributed by atoms with Crippen molar-refractivity contribution in [2.75, 3.05) is 4.72 Å². The molecule has 0 heterocycles. The van der Waals surface area contributed by atoms with Crippen molar-refractivity contribution in [3.8, 4) is 5.75 Å². The summed E-state index contributed by atoms with van der Waals surface area (Å²) in [4.78, 5) is 12.3. The zero-order valence-electron chi connectivity index (χ0n) is 15.9. The topological polar surface area (TPSA) is 84.5 Å². The lowest BCUT2D eigenvalue weighted by atomic mass is 10.2. The van der Waals surface area contributed by atoms with Gasteiger partial charge >= 0.3 is 6.61 Å². The Labute approximate surface area is 182 Å². The third kappa shape index (κ3) is 6.16. The number of sulfonamides is 1. The van der Waals surface area contributed by atoms with Crippen LogP contribution in [0.4, 0.5) is 14.5 Å². The van der Waals surface area contributed by atoms with E-state index in [9.17, 15) is 22.0 Å². The zero-order chi connectivity index (χ0) is 22.4. The summed E-state index contributed by atoms with van der Waals surface area (Å²) >= 11 is 6.00. The smallest absolute Gasteiger partial charge is 0.387 e. The molecule has 2 N–H and O–H groups in total. The maximum atomic E-state index is 12.6. The zero-order valence-corrected chi connectivity index (χ0v) is 17.5. The van der Waals surface area contributed by atoms with Crippen molar-refractivity contribution in [2.24, 2.45) is 0 Å². The lowest BCUT2D eigenvalue weighted by Gasteiger charge is -2.11. The lowest BCUT2D eigenvalue weighted by molar-refractivity contribution is -0.0498. The van der Waals surface area contributed by atoms with Crippen LogP contribution in [0, 0.1) is 0 Å². The number of hydrogen-bond acceptors (Lipinski definition) is 4. The Bertz CT molecular complexity index is 1170. The minimum atomic E-state index is -3.96. The number of benzene rings is 3. The number of nitrogens with one attached hydrogen (secondary N) is 2. The molecule has 10 heteroatoms. The van der Waals surface area contributed by atoms with E-state index in [0.29, 0.717) is 5.56 Å². The molecule has 3 rings (SSSR count). The predicted molar refractivity (Wildman–Crippen MR) is 113 cm³/mol. The van der Waals surface area contributed by atoms with Crippen molar-refractivity contribution in [3.05, 3.63) is 88.9 Å². The highest BCUT2D eigenvalue weighted by molar-refractivity contribution is 7.92. The minimum absolute atomic E-state index is 0.00834. The monoisotopic (exact) mass is 466 g/mol. The third-order valence-corrected chi connectivity index (χ3v) is 5.82. The van der Waals surface area contributed by atoms with Gasteiger partial charge in [-0.1, -0.05) is 41.9 Å². The summed E-state index contributed by atoms with van der Waals surface area (Å²) in [5, 5.41) is 2.89. The minimum Gasteiger partial charge on any atom is -0.435 e. The fraction of sp³-hybridized carbons (Fsp3) is 0.0952. The molecule has 0 aliphatic rings. The van der Waals surface area contributed by atoms with Gasteiger partial charge in [0, 0.05) is 12.1 Å². The van der Waals surface area contributed by atoms with Gasteiger partial charge in [-0.15, -0.1) is 0 Å². The molecule has 0 aliphatic carbocycles. The highest BCUT2D eigenvalue weighted by Crippen LogP contribution is 2.24. The van der Waals surface area contributed by atoms with Gasteiger partial charge in [0.2, 0.25) is 0 Å². The van der Waals surface area contributed by atoms with Gasteiger partial charge in [0.15, 0.2) is 0 Å². The number of halogens is 3. The molecule has 0 unspecified atom stereocenters. The van der Waals surface area contributed by atoms with Gasteiger partial charge < -0.3 is 10.1 Å². The number of amides is 1. The Balaban J connectivity index is 1.68. The highest BCUT2D eigenvalue weighted by atomic mass is 35.5. The number of anilines is 1. The first-order chi connectivity index (χ1) is 14.7. The summed E-state index contributed by atoms with van der Waals surface area (Å²) < 4.78 is 56.3. The molecule has 6 nitrogen and oxygen atoms in total. The van der Waals surface area contributed by atoms with E-state index in [1.165, 1.54) is 54.6 Å². The van der Waals surface area contributed by atoms with Crippen molar-refractivity contribution >= 4 is 33.2 Å². The maximum absolute atomic E-state index is 12.6. The molecule has 3 aromatic rings. The lowest BCUT2D eigenvalue weighted by Crippen LogP contribution is -2.23. The molecule has 0 atom stereocenters. The molecule has 1 amide bonds. The molecule has 0 aromatic heterocycles. The number of hydrogen-bond donors (Lipinski definition) is 2. The van der Waals surface area contributed by atoms with E-state index in [1.807, 2.05) is 0 Å². The molecular weight excluding hydrogens is 450 g/mol. The molecule has 0 fully saturated rings. The number of carbonyl (C=O) groups excluding carboxylic acids is 1. The van der Waals surface area contributed by atoms with E-state index in [2.05, 4.69) is 14.8 Å². The second-order valence-electron chi connectivity index (χ2n) is 6.32. The molecule has 0 bridgehead atoms. The second kappa shape index (κ2) is 9.76. The van der Waals surface area contributed by atoms with Gasteiger partial charge in [0.25, 0.3) is 15.9 Å². The number of ether oxygens (including phenoxy) is 1. The summed E-state index contributed by atoms with van der Waals surface area (Å²) in [6, 6.07) is 17.7. The highest BCUT2D eigenvalue weighted by Gasteiger charge is 2.17. The summed E-state index contributed by atoms with van der Waals surface area (Å²) in [5.41, 5.74) is 1.01. The van der Waals surface area contributed by atoms with E-state index >= 15 is 0 Å². The third-order valence-electron chi connectivity index (χ3n) is 4.13. The Kier molecular flexibility index (Phi) is 7.09. The normalized spacial score (nSPS) is 11.2. The summed E-state index contributed by atoms with van der Waals surface area (Å²) in [5.74, 6) is -0.489. The fourth-order valence-corrected chi connectivity index (χ4v) is 3.99. The van der Waals surface area contributed by atoms with Gasteiger partial charge in [0.1, 0.15) is 5.75 Å². The van der Waals surface area contributed by atoms with Crippen LogP contribution < -0.4 is 14.8 Å². The van der Waals surface area contributed by atoms with Crippen LogP contribution in [0.25, 0.3) is 0 Å². The molecule has 0 aliphatic heterocycles. The molecule has 0 radical (unpaired) electrons. The molecule has 0 saturated heterocycles. The van der Waals surface area contributed by atoms with Gasteiger partial charge in [-0.05, 0) is 48.0 Å². The first-order valence-corrected chi connectivity index (χ1v) is 10.8. The Morgan fingerprint density at radius 2 is 1.71 bits per heavy atom. The van der Waals surface area contributed by atoms with Gasteiger partial charge in [-0.2, -0.15) is 8.78 Å². The maximum Gasteiger partial charge on any atom is 0.387 e. The van der Waals surface area contributed by atoms with E-state index in [0.717, 1.165) is 0 Å². The first kappa shape index (κ1) is 22.5. The van der Waals surface area contributed by atoms with Crippen LogP contribution in [0.2, 0.25) is 5.02 Å². The Hall–Kier alpha value is -3.17. The van der Waals surface area contributed by atoms with E-state index < -0.39 is 22.5 Å². The Morgan fingerprint density at radius 3 is 2.39 bits per heavy atom. The summed E-state index contributed by atoms with van der Waals surface area (Å²) in [6.45, 7) is -2.80. The molecule has 0 spiro atoms. The van der Waals surface area contributed by atoms with Crippen molar-refractivity contribution in [3.63, 3.8) is 0 Å². The van der Waals surface area contributed by atoms with Crippen LogP contribution in [0.1, 0.15) is 15.9 Å². The van der Waals surface area contributed by atoms with Crippen LogP contribution in [-0.2, 0) is 16.6 Å². The van der Waals surface area contributed by atoms with Crippen LogP contribution in [0.3, 0.4) is 0 Å². The van der Waals surface area contributed by atoms with Crippen LogP contribution in [0.5, 0.6) is 5.75 Å². The molecular formula is C21H17ClF2N2O4S. The van der Waals surface area contributed by atoms with Crippen molar-refractivity contribution in [2.45, 2.75) is 18.1 Å². The van der Waals surface area contributed by atoms with Crippen molar-refractivity contribution in [1.82, 2.24) is 5.32 Å². The molecule has 31 heavy (non-hydrogen) atoms. The average Bonchev–Trinajstić information content (AvgIpc) is 2.74. The van der Waals surface area contributed by atoms with Crippen LogP contribution in [0.15, 0.2) is 77.7 Å². The molecule has 162 valence electrons. The average molecular weight is 467 g/mol. The number of carbonyl (C=O) groups is 1. The fourth-order valence-electron chi connectivity index (χ4n) is 2.63. The van der Waals surface area contributed by atoms with E-state index in [-0.39, 0.29) is 33.5 Å². The summed E-state index contributed by atoms with van der Waals surface area (Å²) in [6.07, 6.45) is 0. The quantitative estimate of drug-likeness (QED) is 0.505. The molecule has 3 aromatic carbocycles. The Morgan fingerprint density at radius 1 is 1.00 bits per heavy atom.